The number of hydrogen-bond acceptors (Lipinski definition) is 5. The van der Waals surface area contributed by atoms with Gasteiger partial charge in [-0.1, -0.05) is 13.8 Å². The van der Waals surface area contributed by atoms with E-state index in [4.69, 9.17) is 15.9 Å². The normalized spacial score (nSPS) is 30.2. The Balaban J connectivity index is 1.87. The predicted octanol–water partition coefficient (Wildman–Crippen LogP) is 2.38. The molecule has 1 saturated heterocycles. The lowest BCUT2D eigenvalue weighted by Crippen LogP contribution is -2.37. The molecule has 5 nitrogen and oxygen atoms in total. The molecule has 0 unspecified atom stereocenters. The van der Waals surface area contributed by atoms with Crippen LogP contribution in [0, 0.1) is 16.7 Å². The molecular formula is C19H36N4O. The van der Waals surface area contributed by atoms with Crippen LogP contribution in [0.5, 0.6) is 0 Å². The molecule has 0 bridgehead atoms. The van der Waals surface area contributed by atoms with E-state index in [0.29, 0.717) is 11.3 Å². The van der Waals surface area contributed by atoms with Crippen LogP contribution >= 0.6 is 0 Å². The molecule has 2 rings (SSSR count). The smallest absolute Gasteiger partial charge is 0.0689 e. The van der Waals surface area contributed by atoms with Gasteiger partial charge in [0.25, 0.3) is 0 Å². The van der Waals surface area contributed by atoms with Crippen LogP contribution in [0.3, 0.4) is 0 Å². The van der Waals surface area contributed by atoms with Crippen LogP contribution < -0.4 is 11.1 Å². The second-order valence-electron chi connectivity index (χ2n) is 8.53. The minimum atomic E-state index is 0.0798. The van der Waals surface area contributed by atoms with E-state index in [0.717, 1.165) is 69.6 Å². The van der Waals surface area contributed by atoms with Crippen LogP contribution in [0.2, 0.25) is 0 Å². The first-order valence-electron chi connectivity index (χ1n) is 9.27. The molecule has 0 radical (unpaired) electrons. The Morgan fingerprint density at radius 1 is 1.38 bits per heavy atom. The standard InChI is InChI=1S/C19H36N4O/c1-18(2)13-19(24-14-18)7-5-15(6-8-19)17(21)16(11-20)12-23(4)10-9-22-3/h11,15,21-22H,5-10,12-14,20H2,1-4H3/b16-11-,21-17?. The van der Waals surface area contributed by atoms with Gasteiger partial charge in [0.2, 0.25) is 0 Å². The lowest BCUT2D eigenvalue weighted by molar-refractivity contribution is -0.0303. The van der Waals surface area contributed by atoms with Crippen LogP contribution in [0.25, 0.3) is 0 Å². The zero-order valence-corrected chi connectivity index (χ0v) is 16.0. The van der Waals surface area contributed by atoms with Gasteiger partial charge in [-0.3, -0.25) is 0 Å². The first kappa shape index (κ1) is 19.4. The molecule has 24 heavy (non-hydrogen) atoms. The fourth-order valence-electron chi connectivity index (χ4n) is 4.24. The van der Waals surface area contributed by atoms with E-state index in [1.165, 1.54) is 0 Å². The third-order valence-corrected chi connectivity index (χ3v) is 5.61. The van der Waals surface area contributed by atoms with Gasteiger partial charge in [-0.05, 0) is 51.6 Å². The average Bonchev–Trinajstić information content (AvgIpc) is 2.85. The molecule has 1 aliphatic heterocycles. The van der Waals surface area contributed by atoms with Crippen LogP contribution in [-0.4, -0.2) is 56.5 Å². The van der Waals surface area contributed by atoms with Crippen molar-refractivity contribution in [1.82, 2.24) is 10.2 Å². The highest BCUT2D eigenvalue weighted by Crippen LogP contribution is 2.48. The number of rotatable bonds is 7. The number of nitrogens with one attached hydrogen (secondary N) is 2. The third kappa shape index (κ3) is 4.80. The van der Waals surface area contributed by atoms with E-state index < -0.39 is 0 Å². The molecule has 5 heteroatoms. The van der Waals surface area contributed by atoms with Crippen LogP contribution in [0.1, 0.15) is 46.0 Å². The van der Waals surface area contributed by atoms with Gasteiger partial charge in [0, 0.05) is 43.0 Å². The number of nitrogens with zero attached hydrogens (tertiary/aromatic N) is 1. The number of likely N-dealkylation sites (N-methyl/N-ethyl adjacent to an activating group) is 2. The van der Waals surface area contributed by atoms with Crippen molar-refractivity contribution < 1.29 is 4.74 Å². The van der Waals surface area contributed by atoms with Crippen molar-refractivity contribution in [2.24, 2.45) is 17.1 Å². The van der Waals surface area contributed by atoms with Gasteiger partial charge in [0.05, 0.1) is 12.2 Å². The Labute approximate surface area is 147 Å². The summed E-state index contributed by atoms with van der Waals surface area (Å²) in [5, 5.41) is 11.8. The first-order chi connectivity index (χ1) is 11.3. The molecular weight excluding hydrogens is 300 g/mol. The van der Waals surface area contributed by atoms with Crippen LogP contribution in [-0.2, 0) is 4.74 Å². The summed E-state index contributed by atoms with van der Waals surface area (Å²) in [6.07, 6.45) is 7.05. The van der Waals surface area contributed by atoms with E-state index >= 15 is 0 Å². The molecule has 4 N–H and O–H groups in total. The van der Waals surface area contributed by atoms with Crippen molar-refractivity contribution >= 4 is 5.71 Å². The lowest BCUT2D eigenvalue weighted by Gasteiger charge is -2.37. The van der Waals surface area contributed by atoms with Gasteiger partial charge in [-0.25, -0.2) is 0 Å². The SMILES string of the molecule is CNCCN(C)C/C(=C/N)C(=N)C1CCC2(CC1)CC(C)(C)CO2. The number of ether oxygens (including phenoxy) is 1. The zero-order chi connectivity index (χ0) is 17.8. The van der Waals surface area contributed by atoms with Gasteiger partial charge in [0.1, 0.15) is 0 Å². The number of nitrogens with two attached hydrogens (primary N) is 1. The molecule has 1 heterocycles. The molecule has 138 valence electrons. The lowest BCUT2D eigenvalue weighted by atomic mass is 9.71. The molecule has 0 aromatic heterocycles. The van der Waals surface area contributed by atoms with Gasteiger partial charge in [-0.2, -0.15) is 0 Å². The summed E-state index contributed by atoms with van der Waals surface area (Å²) in [6.45, 7) is 8.12. The van der Waals surface area contributed by atoms with Crippen LogP contribution in [0.4, 0.5) is 0 Å². The van der Waals surface area contributed by atoms with Crippen molar-refractivity contribution in [3.05, 3.63) is 11.8 Å². The largest absolute Gasteiger partial charge is 0.404 e. The quantitative estimate of drug-likeness (QED) is 0.624. The topological polar surface area (TPSA) is 74.4 Å². The van der Waals surface area contributed by atoms with E-state index in [-0.39, 0.29) is 5.60 Å². The second kappa shape index (κ2) is 7.98. The van der Waals surface area contributed by atoms with Crippen molar-refractivity contribution in [3.63, 3.8) is 0 Å². The Morgan fingerprint density at radius 3 is 2.54 bits per heavy atom. The van der Waals surface area contributed by atoms with Crippen molar-refractivity contribution in [2.75, 3.05) is 40.3 Å². The highest BCUT2D eigenvalue weighted by Gasteiger charge is 2.46. The summed E-state index contributed by atoms with van der Waals surface area (Å²) in [4.78, 5) is 2.22. The number of hydrogen-bond donors (Lipinski definition) is 3. The molecule has 0 aromatic rings. The van der Waals surface area contributed by atoms with Gasteiger partial charge >= 0.3 is 0 Å². The Hall–Kier alpha value is -0.910. The van der Waals surface area contributed by atoms with E-state index in [1.807, 2.05) is 7.05 Å². The summed E-state index contributed by atoms with van der Waals surface area (Å²) in [5.74, 6) is 0.329. The maximum Gasteiger partial charge on any atom is 0.0689 e. The molecule has 1 aliphatic carbocycles. The van der Waals surface area contributed by atoms with Gasteiger partial charge < -0.3 is 26.1 Å². The zero-order valence-electron chi connectivity index (χ0n) is 16.0. The average molecular weight is 337 g/mol. The maximum atomic E-state index is 8.62. The fourth-order valence-corrected chi connectivity index (χ4v) is 4.24. The summed E-state index contributed by atoms with van der Waals surface area (Å²) in [6, 6.07) is 0. The molecule has 0 atom stereocenters. The second-order valence-corrected chi connectivity index (χ2v) is 8.53. The molecule has 1 spiro atoms. The molecule has 2 aliphatic rings. The minimum Gasteiger partial charge on any atom is -0.404 e. The van der Waals surface area contributed by atoms with Crippen molar-refractivity contribution in [2.45, 2.75) is 51.6 Å². The maximum absolute atomic E-state index is 8.62. The molecule has 1 saturated carbocycles. The summed E-state index contributed by atoms with van der Waals surface area (Å²) in [7, 11) is 4.04. The summed E-state index contributed by atoms with van der Waals surface area (Å²) in [5.41, 5.74) is 7.93. The Kier molecular flexibility index (Phi) is 6.46. The van der Waals surface area contributed by atoms with Crippen LogP contribution in [0.15, 0.2) is 11.8 Å². The molecule has 0 aromatic carbocycles. The minimum absolute atomic E-state index is 0.0798. The third-order valence-electron chi connectivity index (χ3n) is 5.61. The summed E-state index contributed by atoms with van der Waals surface area (Å²) >= 11 is 0. The van der Waals surface area contributed by atoms with Gasteiger partial charge in [-0.15, -0.1) is 0 Å². The van der Waals surface area contributed by atoms with E-state index in [1.54, 1.807) is 6.20 Å². The molecule has 2 fully saturated rings. The van der Waals surface area contributed by atoms with E-state index in [2.05, 4.69) is 31.1 Å². The highest BCUT2D eigenvalue weighted by molar-refractivity contribution is 5.99. The van der Waals surface area contributed by atoms with E-state index in [9.17, 15) is 0 Å². The monoisotopic (exact) mass is 336 g/mol. The first-order valence-corrected chi connectivity index (χ1v) is 9.27. The Bertz CT molecular complexity index is 464. The Morgan fingerprint density at radius 2 is 2.04 bits per heavy atom. The predicted molar refractivity (Wildman–Crippen MR) is 100 cm³/mol. The highest BCUT2D eigenvalue weighted by atomic mass is 16.5. The van der Waals surface area contributed by atoms with Crippen molar-refractivity contribution in [1.29, 1.82) is 5.41 Å². The molecule has 0 amide bonds. The fraction of sp³-hybridized carbons (Fsp3) is 0.842. The van der Waals surface area contributed by atoms with Crippen molar-refractivity contribution in [3.8, 4) is 0 Å². The van der Waals surface area contributed by atoms with Gasteiger partial charge in [0.15, 0.2) is 0 Å². The summed E-state index contributed by atoms with van der Waals surface area (Å²) < 4.78 is 6.20.